The molecular formula is C15H26N4. The van der Waals surface area contributed by atoms with Crippen molar-refractivity contribution >= 4 is 5.84 Å². The van der Waals surface area contributed by atoms with Crippen molar-refractivity contribution in [3.8, 4) is 0 Å². The summed E-state index contributed by atoms with van der Waals surface area (Å²) >= 11 is 0. The van der Waals surface area contributed by atoms with Gasteiger partial charge in [-0.05, 0) is 38.1 Å². The fourth-order valence-electron chi connectivity index (χ4n) is 1.97. The van der Waals surface area contributed by atoms with Crippen molar-refractivity contribution in [2.24, 2.45) is 11.1 Å². The molecule has 0 atom stereocenters. The minimum Gasteiger partial charge on any atom is -0.387 e. The lowest BCUT2D eigenvalue weighted by Gasteiger charge is -2.23. The second-order valence-electron chi connectivity index (χ2n) is 5.85. The van der Waals surface area contributed by atoms with Crippen molar-refractivity contribution in [3.63, 3.8) is 0 Å². The van der Waals surface area contributed by atoms with Crippen LogP contribution in [-0.2, 0) is 6.54 Å². The van der Waals surface area contributed by atoms with Gasteiger partial charge in [0.15, 0.2) is 0 Å². The van der Waals surface area contributed by atoms with Crippen molar-refractivity contribution in [1.82, 2.24) is 9.88 Å². The van der Waals surface area contributed by atoms with E-state index in [0.29, 0.717) is 0 Å². The van der Waals surface area contributed by atoms with Gasteiger partial charge in [0.25, 0.3) is 0 Å². The Balaban J connectivity index is 2.21. The summed E-state index contributed by atoms with van der Waals surface area (Å²) in [7, 11) is 2.13. The zero-order chi connectivity index (χ0) is 14.3. The SMILES string of the molecule is CN(CCCCC(C)(C)C(=N)N)Cc1cccnc1. The van der Waals surface area contributed by atoms with Gasteiger partial charge in [-0.15, -0.1) is 0 Å². The predicted molar refractivity (Wildman–Crippen MR) is 80.1 cm³/mol. The van der Waals surface area contributed by atoms with Gasteiger partial charge in [-0.1, -0.05) is 26.3 Å². The zero-order valence-corrected chi connectivity index (χ0v) is 12.3. The minimum atomic E-state index is -0.165. The standard InChI is InChI=1S/C15H26N4/c1-15(2,14(16)17)8-4-5-10-19(3)12-13-7-6-9-18-11-13/h6-7,9,11H,4-5,8,10,12H2,1-3H3,(H3,16,17). The second kappa shape index (κ2) is 7.24. The van der Waals surface area contributed by atoms with E-state index in [1.54, 1.807) is 6.20 Å². The van der Waals surface area contributed by atoms with Crippen molar-refractivity contribution < 1.29 is 0 Å². The lowest BCUT2D eigenvalue weighted by atomic mass is 9.86. The number of hydrogen-bond acceptors (Lipinski definition) is 3. The summed E-state index contributed by atoms with van der Waals surface area (Å²) in [6, 6.07) is 4.07. The average Bonchev–Trinajstić information content (AvgIpc) is 2.36. The lowest BCUT2D eigenvalue weighted by molar-refractivity contribution is 0.308. The molecule has 1 aromatic rings. The van der Waals surface area contributed by atoms with Gasteiger partial charge in [0.1, 0.15) is 0 Å². The Morgan fingerprint density at radius 1 is 1.42 bits per heavy atom. The van der Waals surface area contributed by atoms with Crippen LogP contribution in [0.5, 0.6) is 0 Å². The van der Waals surface area contributed by atoms with E-state index >= 15 is 0 Å². The number of pyridine rings is 1. The molecule has 0 radical (unpaired) electrons. The van der Waals surface area contributed by atoms with Crippen molar-refractivity contribution in [3.05, 3.63) is 30.1 Å². The van der Waals surface area contributed by atoms with Crippen LogP contribution in [0.15, 0.2) is 24.5 Å². The lowest BCUT2D eigenvalue weighted by Crippen LogP contribution is -2.31. The monoisotopic (exact) mass is 262 g/mol. The van der Waals surface area contributed by atoms with Crippen LogP contribution in [0.25, 0.3) is 0 Å². The van der Waals surface area contributed by atoms with Crippen LogP contribution in [0, 0.1) is 10.8 Å². The summed E-state index contributed by atoms with van der Waals surface area (Å²) in [6.07, 6.45) is 6.92. The van der Waals surface area contributed by atoms with Gasteiger partial charge in [0, 0.05) is 24.4 Å². The van der Waals surface area contributed by atoms with Crippen LogP contribution >= 0.6 is 0 Å². The average molecular weight is 262 g/mol. The molecular weight excluding hydrogens is 236 g/mol. The molecule has 0 saturated heterocycles. The third-order valence-electron chi connectivity index (χ3n) is 3.50. The number of aromatic nitrogens is 1. The maximum atomic E-state index is 7.53. The van der Waals surface area contributed by atoms with Crippen LogP contribution in [0.4, 0.5) is 0 Å². The summed E-state index contributed by atoms with van der Waals surface area (Å²) in [6.45, 7) is 6.07. The Morgan fingerprint density at radius 2 is 2.16 bits per heavy atom. The first-order valence-electron chi connectivity index (χ1n) is 6.84. The Hall–Kier alpha value is -1.42. The number of amidine groups is 1. The molecule has 106 valence electrons. The fourth-order valence-corrected chi connectivity index (χ4v) is 1.97. The highest BCUT2D eigenvalue weighted by molar-refractivity contribution is 5.82. The molecule has 0 aromatic carbocycles. The number of nitrogens with two attached hydrogens (primary N) is 1. The van der Waals surface area contributed by atoms with Crippen molar-refractivity contribution in [1.29, 1.82) is 5.41 Å². The molecule has 0 aliphatic rings. The first-order chi connectivity index (χ1) is 8.92. The predicted octanol–water partition coefficient (Wildman–Crippen LogP) is 2.65. The van der Waals surface area contributed by atoms with E-state index < -0.39 is 0 Å². The molecule has 4 heteroatoms. The Morgan fingerprint density at radius 3 is 2.74 bits per heavy atom. The van der Waals surface area contributed by atoms with Crippen LogP contribution in [-0.4, -0.2) is 29.3 Å². The Labute approximate surface area is 116 Å². The van der Waals surface area contributed by atoms with Gasteiger partial charge >= 0.3 is 0 Å². The van der Waals surface area contributed by atoms with E-state index in [9.17, 15) is 0 Å². The third-order valence-corrected chi connectivity index (χ3v) is 3.50. The molecule has 1 heterocycles. The topological polar surface area (TPSA) is 66.0 Å². The number of rotatable bonds is 8. The maximum absolute atomic E-state index is 7.53. The van der Waals surface area contributed by atoms with Crippen molar-refractivity contribution in [2.45, 2.75) is 39.7 Å². The summed E-state index contributed by atoms with van der Waals surface area (Å²) in [5, 5.41) is 7.53. The Bertz CT molecular complexity index is 386. The smallest absolute Gasteiger partial charge is 0.0963 e. The first-order valence-corrected chi connectivity index (χ1v) is 6.84. The highest BCUT2D eigenvalue weighted by atomic mass is 15.1. The van der Waals surface area contributed by atoms with Gasteiger partial charge in [-0.3, -0.25) is 10.4 Å². The molecule has 0 spiro atoms. The Kier molecular flexibility index (Phi) is 5.96. The van der Waals surface area contributed by atoms with E-state index in [2.05, 4.69) is 23.0 Å². The summed E-state index contributed by atoms with van der Waals surface area (Å²) < 4.78 is 0. The van der Waals surface area contributed by atoms with E-state index in [1.165, 1.54) is 5.56 Å². The second-order valence-corrected chi connectivity index (χ2v) is 5.85. The largest absolute Gasteiger partial charge is 0.387 e. The molecule has 19 heavy (non-hydrogen) atoms. The summed E-state index contributed by atoms with van der Waals surface area (Å²) in [5.74, 6) is 0.288. The number of unbranched alkanes of at least 4 members (excludes halogenated alkanes) is 1. The van der Waals surface area contributed by atoms with E-state index in [-0.39, 0.29) is 11.3 Å². The van der Waals surface area contributed by atoms with E-state index in [1.807, 2.05) is 26.1 Å². The van der Waals surface area contributed by atoms with Crippen LogP contribution in [0.1, 0.15) is 38.7 Å². The van der Waals surface area contributed by atoms with Gasteiger partial charge in [0.2, 0.25) is 0 Å². The number of nitrogens with zero attached hydrogens (tertiary/aromatic N) is 2. The maximum Gasteiger partial charge on any atom is 0.0963 e. The molecule has 1 aromatic heterocycles. The molecule has 0 aliphatic carbocycles. The molecule has 0 aliphatic heterocycles. The van der Waals surface area contributed by atoms with Gasteiger partial charge in [-0.2, -0.15) is 0 Å². The molecule has 0 amide bonds. The van der Waals surface area contributed by atoms with Gasteiger partial charge in [0.05, 0.1) is 5.84 Å². The zero-order valence-electron chi connectivity index (χ0n) is 12.3. The number of nitrogens with one attached hydrogen (secondary N) is 1. The molecule has 0 saturated carbocycles. The highest BCUT2D eigenvalue weighted by Crippen LogP contribution is 2.22. The number of hydrogen-bond donors (Lipinski definition) is 2. The molecule has 0 unspecified atom stereocenters. The summed E-state index contributed by atoms with van der Waals surface area (Å²) in [4.78, 5) is 6.43. The van der Waals surface area contributed by atoms with Crippen molar-refractivity contribution in [2.75, 3.05) is 13.6 Å². The van der Waals surface area contributed by atoms with Crippen LogP contribution in [0.2, 0.25) is 0 Å². The highest BCUT2D eigenvalue weighted by Gasteiger charge is 2.20. The normalized spacial score (nSPS) is 11.8. The van der Waals surface area contributed by atoms with Crippen LogP contribution in [0.3, 0.4) is 0 Å². The third kappa shape index (κ3) is 5.83. The van der Waals surface area contributed by atoms with Gasteiger partial charge < -0.3 is 10.6 Å². The molecule has 1 rings (SSSR count). The first kappa shape index (κ1) is 15.6. The van der Waals surface area contributed by atoms with E-state index in [0.717, 1.165) is 32.4 Å². The molecule has 0 fully saturated rings. The molecule has 0 bridgehead atoms. The van der Waals surface area contributed by atoms with E-state index in [4.69, 9.17) is 11.1 Å². The quantitative estimate of drug-likeness (QED) is 0.430. The van der Waals surface area contributed by atoms with Crippen LogP contribution < -0.4 is 5.73 Å². The van der Waals surface area contributed by atoms with Gasteiger partial charge in [-0.25, -0.2) is 0 Å². The minimum absolute atomic E-state index is 0.165. The fraction of sp³-hybridized carbons (Fsp3) is 0.600. The molecule has 3 N–H and O–H groups in total. The summed E-state index contributed by atoms with van der Waals surface area (Å²) in [5.41, 5.74) is 6.66. The molecule has 4 nitrogen and oxygen atoms in total.